The lowest BCUT2D eigenvalue weighted by atomic mass is 9.95. The van der Waals surface area contributed by atoms with Crippen LogP contribution in [0, 0.1) is 5.41 Å². The number of hydrogen-bond acceptors (Lipinski definition) is 7. The van der Waals surface area contributed by atoms with E-state index in [4.69, 9.17) is 33.9 Å². The largest absolute Gasteiger partial charge is 0.396 e. The highest BCUT2D eigenvalue weighted by Crippen LogP contribution is 2.13. The molecule has 0 atom stereocenters. The molecule has 0 fully saturated rings. The van der Waals surface area contributed by atoms with Crippen LogP contribution in [-0.4, -0.2) is 90.0 Å². The molecule has 0 saturated carbocycles. The van der Waals surface area contributed by atoms with E-state index in [1.165, 1.54) is 0 Å². The summed E-state index contributed by atoms with van der Waals surface area (Å²) in [6.07, 6.45) is 0. The zero-order chi connectivity index (χ0) is 15.8. The molecule has 0 aromatic heterocycles. The summed E-state index contributed by atoms with van der Waals surface area (Å²) >= 11 is 0. The second-order valence-electron chi connectivity index (χ2n) is 5.01. The molecule has 0 aromatic rings. The Hall–Kier alpha value is -0.280. The molecule has 0 rings (SSSR count). The highest BCUT2D eigenvalue weighted by molar-refractivity contribution is 4.70. The van der Waals surface area contributed by atoms with Crippen molar-refractivity contribution >= 4 is 0 Å². The van der Waals surface area contributed by atoms with Crippen molar-refractivity contribution in [2.45, 2.75) is 6.92 Å². The van der Waals surface area contributed by atoms with E-state index in [1.54, 1.807) is 14.0 Å². The summed E-state index contributed by atoms with van der Waals surface area (Å²) < 4.78 is 26.1. The molecule has 0 heterocycles. The lowest BCUT2D eigenvalue weighted by Crippen LogP contribution is -2.32. The van der Waals surface area contributed by atoms with E-state index in [2.05, 4.69) is 0 Å². The Morgan fingerprint density at radius 2 is 1.05 bits per heavy atom. The number of rotatable bonds is 16. The molecular formula is C14H30O7. The van der Waals surface area contributed by atoms with Crippen molar-refractivity contribution in [2.24, 2.45) is 5.41 Å². The van der Waals surface area contributed by atoms with Crippen molar-refractivity contribution in [3.8, 4) is 0 Å². The van der Waals surface area contributed by atoms with Gasteiger partial charge in [-0.25, -0.2) is 0 Å². The maximum Gasteiger partial charge on any atom is 0.0701 e. The van der Waals surface area contributed by atoms with Crippen molar-refractivity contribution in [3.63, 3.8) is 0 Å². The minimum Gasteiger partial charge on any atom is -0.396 e. The first-order chi connectivity index (χ1) is 10.2. The Balaban J connectivity index is 3.16. The molecule has 128 valence electrons. The molecule has 2 N–H and O–H groups in total. The van der Waals surface area contributed by atoms with Crippen LogP contribution in [-0.2, 0) is 23.7 Å². The third kappa shape index (κ3) is 13.1. The van der Waals surface area contributed by atoms with Gasteiger partial charge in [-0.1, -0.05) is 6.92 Å². The van der Waals surface area contributed by atoms with Crippen LogP contribution in [0.15, 0.2) is 0 Å². The van der Waals surface area contributed by atoms with Crippen LogP contribution in [0.25, 0.3) is 0 Å². The Morgan fingerprint density at radius 1 is 0.667 bits per heavy atom. The molecule has 0 spiro atoms. The second-order valence-corrected chi connectivity index (χ2v) is 5.01. The van der Waals surface area contributed by atoms with Crippen LogP contribution < -0.4 is 0 Å². The van der Waals surface area contributed by atoms with Gasteiger partial charge in [0.2, 0.25) is 0 Å². The molecule has 0 aliphatic rings. The monoisotopic (exact) mass is 310 g/mol. The summed E-state index contributed by atoms with van der Waals surface area (Å²) in [5, 5.41) is 18.1. The molecule has 0 amide bonds. The standard InChI is InChI=1S/C14H30O7/c1-14(11-15,12-16)13-21-10-9-20-8-7-19-6-5-18-4-3-17-2/h15-16H,3-13H2,1-2H3. The second kappa shape index (κ2) is 14.6. The first-order valence-electron chi connectivity index (χ1n) is 7.20. The molecule has 0 aliphatic heterocycles. The topological polar surface area (TPSA) is 86.6 Å². The van der Waals surface area contributed by atoms with Crippen LogP contribution in [0.5, 0.6) is 0 Å². The van der Waals surface area contributed by atoms with Crippen LogP contribution >= 0.6 is 0 Å². The number of aliphatic hydroxyl groups excluding tert-OH is 2. The lowest BCUT2D eigenvalue weighted by Gasteiger charge is -2.24. The molecule has 0 unspecified atom stereocenters. The molecular weight excluding hydrogens is 280 g/mol. The molecule has 0 aromatic carbocycles. The number of ether oxygens (including phenoxy) is 5. The highest BCUT2D eigenvalue weighted by Gasteiger charge is 2.22. The van der Waals surface area contributed by atoms with E-state index < -0.39 is 5.41 Å². The summed E-state index contributed by atoms with van der Waals surface area (Å²) in [5.74, 6) is 0. The van der Waals surface area contributed by atoms with Crippen molar-refractivity contribution in [1.29, 1.82) is 0 Å². The van der Waals surface area contributed by atoms with Crippen molar-refractivity contribution < 1.29 is 33.9 Å². The van der Waals surface area contributed by atoms with Crippen molar-refractivity contribution in [1.82, 2.24) is 0 Å². The van der Waals surface area contributed by atoms with Gasteiger partial charge in [-0.2, -0.15) is 0 Å². The summed E-state index contributed by atoms with van der Waals surface area (Å²) in [4.78, 5) is 0. The van der Waals surface area contributed by atoms with Crippen LogP contribution in [0.4, 0.5) is 0 Å². The number of methoxy groups -OCH3 is 1. The summed E-state index contributed by atoms with van der Waals surface area (Å²) in [6, 6.07) is 0. The molecule has 7 nitrogen and oxygen atoms in total. The normalized spacial score (nSPS) is 12.0. The minimum absolute atomic E-state index is 0.106. The minimum atomic E-state index is -0.591. The van der Waals surface area contributed by atoms with Crippen molar-refractivity contribution in [3.05, 3.63) is 0 Å². The average molecular weight is 310 g/mol. The van der Waals surface area contributed by atoms with Gasteiger partial charge in [-0.15, -0.1) is 0 Å². The van der Waals surface area contributed by atoms with Crippen LogP contribution in [0.2, 0.25) is 0 Å². The van der Waals surface area contributed by atoms with Gasteiger partial charge in [0.25, 0.3) is 0 Å². The number of aliphatic hydroxyl groups is 2. The molecule has 0 aliphatic carbocycles. The fourth-order valence-electron chi connectivity index (χ4n) is 1.26. The Labute approximate surface area is 127 Å². The first kappa shape index (κ1) is 20.7. The predicted octanol–water partition coefficient (Wildman–Crippen LogP) is -0.310. The lowest BCUT2D eigenvalue weighted by molar-refractivity contribution is -0.0407. The molecule has 21 heavy (non-hydrogen) atoms. The van der Waals surface area contributed by atoms with Gasteiger partial charge in [-0.05, 0) is 0 Å². The van der Waals surface area contributed by atoms with E-state index in [9.17, 15) is 0 Å². The van der Waals surface area contributed by atoms with Crippen molar-refractivity contribution in [2.75, 3.05) is 79.8 Å². The Morgan fingerprint density at radius 3 is 1.43 bits per heavy atom. The average Bonchev–Trinajstić information content (AvgIpc) is 2.51. The van der Waals surface area contributed by atoms with E-state index in [1.807, 2.05) is 0 Å². The van der Waals surface area contributed by atoms with E-state index in [-0.39, 0.29) is 13.2 Å². The maximum atomic E-state index is 9.07. The van der Waals surface area contributed by atoms with Gasteiger partial charge in [0, 0.05) is 12.5 Å². The van der Waals surface area contributed by atoms with Gasteiger partial charge >= 0.3 is 0 Å². The van der Waals surface area contributed by atoms with E-state index in [0.717, 1.165) is 0 Å². The van der Waals surface area contributed by atoms with Gasteiger partial charge < -0.3 is 33.9 Å². The van der Waals surface area contributed by atoms with Gasteiger partial charge in [0.1, 0.15) is 0 Å². The zero-order valence-corrected chi connectivity index (χ0v) is 13.2. The Bertz CT molecular complexity index is 209. The first-order valence-corrected chi connectivity index (χ1v) is 7.20. The fraction of sp³-hybridized carbons (Fsp3) is 1.00. The van der Waals surface area contributed by atoms with Crippen LogP contribution in [0.1, 0.15) is 6.92 Å². The third-order valence-corrected chi connectivity index (χ3v) is 2.76. The summed E-state index contributed by atoms with van der Waals surface area (Å²) in [5.41, 5.74) is -0.591. The number of hydrogen-bond donors (Lipinski definition) is 2. The summed E-state index contributed by atoms with van der Waals surface area (Å²) in [6.45, 7) is 6.00. The van der Waals surface area contributed by atoms with Gasteiger partial charge in [-0.3, -0.25) is 0 Å². The van der Waals surface area contributed by atoms with E-state index >= 15 is 0 Å². The molecule has 0 bridgehead atoms. The fourth-order valence-corrected chi connectivity index (χ4v) is 1.26. The van der Waals surface area contributed by atoms with E-state index in [0.29, 0.717) is 59.5 Å². The highest BCUT2D eigenvalue weighted by atomic mass is 16.6. The quantitative estimate of drug-likeness (QED) is 0.378. The Kier molecular flexibility index (Phi) is 14.5. The zero-order valence-electron chi connectivity index (χ0n) is 13.2. The SMILES string of the molecule is COCCOCCOCCOCCOCC(C)(CO)CO. The summed E-state index contributed by atoms with van der Waals surface area (Å²) in [7, 11) is 1.63. The van der Waals surface area contributed by atoms with Gasteiger partial charge in [0.05, 0.1) is 72.7 Å². The third-order valence-electron chi connectivity index (χ3n) is 2.76. The molecule has 0 radical (unpaired) electrons. The van der Waals surface area contributed by atoms with Crippen LogP contribution in [0.3, 0.4) is 0 Å². The maximum absolute atomic E-state index is 9.07. The predicted molar refractivity (Wildman–Crippen MR) is 77.4 cm³/mol. The smallest absolute Gasteiger partial charge is 0.0701 e. The molecule has 7 heteroatoms. The molecule has 0 saturated heterocycles. The van der Waals surface area contributed by atoms with Gasteiger partial charge in [0.15, 0.2) is 0 Å².